The molecule has 0 fully saturated rings. The smallest absolute Gasteiger partial charge is 0.0548 e. The summed E-state index contributed by atoms with van der Waals surface area (Å²) in [5, 5.41) is 3.89. The largest absolute Gasteiger partial charge is 0.306 e. The lowest BCUT2D eigenvalue weighted by atomic mass is 9.86. The van der Waals surface area contributed by atoms with Crippen LogP contribution in [0.15, 0.2) is 16.8 Å². The van der Waals surface area contributed by atoms with E-state index in [2.05, 4.69) is 37.4 Å². The maximum Gasteiger partial charge on any atom is 0.0548 e. The molecule has 2 heteroatoms. The lowest BCUT2D eigenvalue weighted by Gasteiger charge is -2.23. The molecule has 1 heterocycles. The molecule has 0 spiro atoms. The molecule has 0 radical (unpaired) electrons. The highest BCUT2D eigenvalue weighted by molar-refractivity contribution is 5.73. The van der Waals surface area contributed by atoms with Gasteiger partial charge in [-0.1, -0.05) is 20.8 Å². The van der Waals surface area contributed by atoms with Crippen molar-refractivity contribution in [3.63, 3.8) is 0 Å². The molecule has 0 aromatic rings. The van der Waals surface area contributed by atoms with Crippen molar-refractivity contribution in [1.29, 1.82) is 0 Å². The van der Waals surface area contributed by atoms with Gasteiger partial charge in [-0.05, 0) is 17.1 Å². The number of hydrogen-bond donors (Lipinski definition) is 1. The van der Waals surface area contributed by atoms with E-state index < -0.39 is 0 Å². The highest BCUT2D eigenvalue weighted by Crippen LogP contribution is 2.24. The number of nitrogens with one attached hydrogen (secondary N) is 1. The van der Waals surface area contributed by atoms with E-state index in [9.17, 15) is 0 Å². The summed E-state index contributed by atoms with van der Waals surface area (Å²) in [4.78, 5) is 0. The number of allylic oxidation sites excluding steroid dienone is 1. The summed E-state index contributed by atoms with van der Waals surface area (Å²) in [6.07, 6.45) is 3.89. The van der Waals surface area contributed by atoms with Crippen molar-refractivity contribution in [3.8, 4) is 0 Å². The summed E-state index contributed by atoms with van der Waals surface area (Å²) in [5.41, 5.74) is 4.62. The Morgan fingerprint density at radius 1 is 1.50 bits per heavy atom. The maximum absolute atomic E-state index is 3.89. The Balaban J connectivity index is 2.72. The zero-order valence-corrected chi connectivity index (χ0v) is 6.81. The van der Waals surface area contributed by atoms with Gasteiger partial charge in [0.15, 0.2) is 0 Å². The van der Waals surface area contributed by atoms with E-state index in [0.29, 0.717) is 0 Å². The Labute approximate surface area is 62.0 Å². The third-order valence-electron chi connectivity index (χ3n) is 1.67. The van der Waals surface area contributed by atoms with Gasteiger partial charge in [0, 0.05) is 6.21 Å². The van der Waals surface area contributed by atoms with E-state index in [1.54, 1.807) is 0 Å². The third-order valence-corrected chi connectivity index (χ3v) is 1.67. The van der Waals surface area contributed by atoms with Crippen molar-refractivity contribution < 1.29 is 0 Å². The minimum atomic E-state index is 0.277. The molecule has 1 N–H and O–H groups in total. The van der Waals surface area contributed by atoms with Crippen molar-refractivity contribution in [1.82, 2.24) is 5.43 Å². The second-order valence-corrected chi connectivity index (χ2v) is 3.55. The molecule has 1 rings (SSSR count). The predicted molar refractivity (Wildman–Crippen MR) is 44.0 cm³/mol. The van der Waals surface area contributed by atoms with E-state index in [1.165, 1.54) is 5.57 Å². The van der Waals surface area contributed by atoms with Crippen LogP contribution in [0.5, 0.6) is 0 Å². The Morgan fingerprint density at radius 2 is 2.20 bits per heavy atom. The molecule has 0 atom stereocenters. The molecule has 1 aliphatic rings. The van der Waals surface area contributed by atoms with Gasteiger partial charge in [0.25, 0.3) is 0 Å². The first-order valence-electron chi connectivity index (χ1n) is 3.56. The minimum absolute atomic E-state index is 0.277. The predicted octanol–water partition coefficient (Wildman–Crippen LogP) is 1.55. The Morgan fingerprint density at radius 3 is 2.50 bits per heavy atom. The summed E-state index contributed by atoms with van der Waals surface area (Å²) in [6.45, 7) is 7.51. The summed E-state index contributed by atoms with van der Waals surface area (Å²) >= 11 is 0. The molecule has 0 amide bonds. The molecule has 0 saturated carbocycles. The van der Waals surface area contributed by atoms with Crippen LogP contribution in [-0.2, 0) is 0 Å². The SMILES string of the molecule is CC(C)(C)C1=CC=NNC1. The molecule has 0 saturated heterocycles. The van der Waals surface area contributed by atoms with Crippen molar-refractivity contribution in [2.75, 3.05) is 6.54 Å². The van der Waals surface area contributed by atoms with Gasteiger partial charge in [-0.15, -0.1) is 0 Å². The van der Waals surface area contributed by atoms with Crippen LogP contribution >= 0.6 is 0 Å². The van der Waals surface area contributed by atoms with Gasteiger partial charge in [0.1, 0.15) is 0 Å². The van der Waals surface area contributed by atoms with E-state index in [1.807, 2.05) is 6.21 Å². The zero-order valence-electron chi connectivity index (χ0n) is 6.81. The van der Waals surface area contributed by atoms with Gasteiger partial charge >= 0.3 is 0 Å². The van der Waals surface area contributed by atoms with Crippen LogP contribution in [0.25, 0.3) is 0 Å². The molecule has 0 bridgehead atoms. The number of nitrogens with zero attached hydrogens (tertiary/aromatic N) is 1. The summed E-state index contributed by atoms with van der Waals surface area (Å²) in [5.74, 6) is 0. The number of rotatable bonds is 0. The highest BCUT2D eigenvalue weighted by Gasteiger charge is 2.16. The van der Waals surface area contributed by atoms with E-state index in [4.69, 9.17) is 0 Å². The van der Waals surface area contributed by atoms with Gasteiger partial charge in [-0.25, -0.2) is 0 Å². The monoisotopic (exact) mass is 138 g/mol. The van der Waals surface area contributed by atoms with Crippen LogP contribution in [-0.4, -0.2) is 12.8 Å². The van der Waals surface area contributed by atoms with Gasteiger partial charge in [0.2, 0.25) is 0 Å². The Kier molecular flexibility index (Phi) is 1.79. The van der Waals surface area contributed by atoms with Crippen molar-refractivity contribution in [2.45, 2.75) is 20.8 Å². The quantitative estimate of drug-likeness (QED) is 0.539. The Hall–Kier alpha value is -0.790. The molecular formula is C8H14N2. The van der Waals surface area contributed by atoms with Crippen LogP contribution in [0, 0.1) is 5.41 Å². The first kappa shape index (κ1) is 7.32. The van der Waals surface area contributed by atoms with Crippen LogP contribution in [0.2, 0.25) is 0 Å². The van der Waals surface area contributed by atoms with Gasteiger partial charge < -0.3 is 5.43 Å². The lowest BCUT2D eigenvalue weighted by Crippen LogP contribution is -2.23. The second kappa shape index (κ2) is 2.45. The van der Waals surface area contributed by atoms with Crippen LogP contribution < -0.4 is 5.43 Å². The van der Waals surface area contributed by atoms with E-state index in [-0.39, 0.29) is 5.41 Å². The number of hydrogen-bond acceptors (Lipinski definition) is 2. The molecule has 0 aromatic carbocycles. The minimum Gasteiger partial charge on any atom is -0.306 e. The molecule has 0 aromatic heterocycles. The molecular weight excluding hydrogens is 124 g/mol. The van der Waals surface area contributed by atoms with Crippen LogP contribution in [0.1, 0.15) is 20.8 Å². The Bertz CT molecular complexity index is 172. The number of hydrazone groups is 1. The van der Waals surface area contributed by atoms with Crippen LogP contribution in [0.3, 0.4) is 0 Å². The van der Waals surface area contributed by atoms with Crippen molar-refractivity contribution in [2.24, 2.45) is 10.5 Å². The molecule has 10 heavy (non-hydrogen) atoms. The molecule has 0 unspecified atom stereocenters. The highest BCUT2D eigenvalue weighted by atomic mass is 15.3. The fourth-order valence-corrected chi connectivity index (χ4v) is 0.885. The fraction of sp³-hybridized carbons (Fsp3) is 0.625. The summed E-state index contributed by atoms with van der Waals surface area (Å²) < 4.78 is 0. The van der Waals surface area contributed by atoms with Gasteiger partial charge in [-0.3, -0.25) is 0 Å². The van der Waals surface area contributed by atoms with E-state index >= 15 is 0 Å². The average Bonchev–Trinajstić information content (AvgIpc) is 1.88. The standard InChI is InChI=1S/C8H14N2/c1-8(2,3)7-4-5-9-10-6-7/h4-5,10H,6H2,1-3H3. The molecule has 1 aliphatic heterocycles. The summed E-state index contributed by atoms with van der Waals surface area (Å²) in [7, 11) is 0. The first-order valence-corrected chi connectivity index (χ1v) is 3.56. The average molecular weight is 138 g/mol. The lowest BCUT2D eigenvalue weighted by molar-refractivity contribution is 0.480. The fourth-order valence-electron chi connectivity index (χ4n) is 0.885. The normalized spacial score (nSPS) is 18.1. The first-order chi connectivity index (χ1) is 4.61. The van der Waals surface area contributed by atoms with Crippen LogP contribution in [0.4, 0.5) is 0 Å². The van der Waals surface area contributed by atoms with Crippen molar-refractivity contribution in [3.05, 3.63) is 11.6 Å². The molecule has 0 aliphatic carbocycles. The maximum atomic E-state index is 3.89. The van der Waals surface area contributed by atoms with Crippen molar-refractivity contribution >= 4 is 6.21 Å². The van der Waals surface area contributed by atoms with Gasteiger partial charge in [0.05, 0.1) is 6.54 Å². The topological polar surface area (TPSA) is 24.4 Å². The molecule has 56 valence electrons. The second-order valence-electron chi connectivity index (χ2n) is 3.55. The summed E-state index contributed by atoms with van der Waals surface area (Å²) in [6, 6.07) is 0. The van der Waals surface area contributed by atoms with Gasteiger partial charge in [-0.2, -0.15) is 5.10 Å². The third kappa shape index (κ3) is 1.59. The molecule has 2 nitrogen and oxygen atoms in total. The zero-order chi connectivity index (χ0) is 7.61. The van der Waals surface area contributed by atoms with E-state index in [0.717, 1.165) is 6.54 Å².